The van der Waals surface area contributed by atoms with Gasteiger partial charge in [-0.1, -0.05) is 49.1 Å². The smallest absolute Gasteiger partial charge is 0.245 e. The first-order valence-electron chi connectivity index (χ1n) is 10.3. The summed E-state index contributed by atoms with van der Waals surface area (Å²) in [4.78, 5) is 43.4. The van der Waals surface area contributed by atoms with E-state index in [0.717, 1.165) is 11.1 Å². The molecule has 2 rings (SSSR count). The molecule has 2 amide bonds. The van der Waals surface area contributed by atoms with Gasteiger partial charge >= 0.3 is 0 Å². The highest BCUT2D eigenvalue weighted by atomic mass is 16.2. The van der Waals surface area contributed by atoms with Gasteiger partial charge in [0.25, 0.3) is 0 Å². The molecule has 6 heteroatoms. The van der Waals surface area contributed by atoms with Crippen LogP contribution >= 0.6 is 0 Å². The average Bonchev–Trinajstić information content (AvgIpc) is 2.69. The Labute approximate surface area is 179 Å². The van der Waals surface area contributed by atoms with Crippen LogP contribution in [0.25, 0.3) is 6.08 Å². The predicted octanol–water partition coefficient (Wildman–Crippen LogP) is 2.40. The molecular formula is C24H33N3O3. The largest absolute Gasteiger partial charge is 0.337 e. The average molecular weight is 412 g/mol. The van der Waals surface area contributed by atoms with Crippen molar-refractivity contribution in [3.8, 4) is 0 Å². The molecule has 6 nitrogen and oxygen atoms in total. The van der Waals surface area contributed by atoms with Gasteiger partial charge in [-0.3, -0.25) is 19.3 Å². The highest BCUT2D eigenvalue weighted by molar-refractivity contribution is 5.92. The van der Waals surface area contributed by atoms with Crippen molar-refractivity contribution in [2.75, 3.05) is 34.2 Å². The second-order valence-corrected chi connectivity index (χ2v) is 8.07. The van der Waals surface area contributed by atoms with Crippen LogP contribution in [0.4, 0.5) is 0 Å². The third kappa shape index (κ3) is 6.13. The zero-order chi connectivity index (χ0) is 22.3. The number of ketones is 1. The molecule has 0 aliphatic carbocycles. The Morgan fingerprint density at radius 3 is 2.43 bits per heavy atom. The van der Waals surface area contributed by atoms with Gasteiger partial charge in [0.2, 0.25) is 11.8 Å². The summed E-state index contributed by atoms with van der Waals surface area (Å²) in [7, 11) is 5.38. The summed E-state index contributed by atoms with van der Waals surface area (Å²) >= 11 is 0. The Bertz CT molecular complexity index is 798. The summed E-state index contributed by atoms with van der Waals surface area (Å²) in [6.07, 6.45) is 7.57. The fourth-order valence-corrected chi connectivity index (χ4v) is 3.71. The maximum Gasteiger partial charge on any atom is 0.245 e. The van der Waals surface area contributed by atoms with Gasteiger partial charge in [0, 0.05) is 20.0 Å². The molecule has 0 saturated heterocycles. The summed E-state index contributed by atoms with van der Waals surface area (Å²) in [5.41, 5.74) is 1.96. The van der Waals surface area contributed by atoms with E-state index in [1.807, 2.05) is 49.3 Å². The standard InChI is InChI=1S/C24H33N3O3/c1-6-19-11-13-20(14-12-19)16-22(23(29)26(5)17-18(2)28)27-15-9-7-8-10-21(24(27)30)25(3)4/h6-8,11-14,21-22H,1,9-10,15-17H2,2-5H3/b8-7-/t21-,22-/m0/s1. The maximum atomic E-state index is 13.4. The number of hydrogen-bond acceptors (Lipinski definition) is 4. The number of carbonyl (C=O) groups excluding carboxylic acids is 3. The van der Waals surface area contributed by atoms with Crippen LogP contribution in [-0.4, -0.2) is 78.6 Å². The minimum absolute atomic E-state index is 0.0315. The second-order valence-electron chi connectivity index (χ2n) is 8.07. The van der Waals surface area contributed by atoms with Crippen LogP contribution in [0.3, 0.4) is 0 Å². The molecule has 162 valence electrons. The van der Waals surface area contributed by atoms with E-state index in [1.165, 1.54) is 11.8 Å². The lowest BCUT2D eigenvalue weighted by Crippen LogP contribution is -2.56. The van der Waals surface area contributed by atoms with Crippen molar-refractivity contribution in [3.05, 3.63) is 54.1 Å². The number of nitrogens with zero attached hydrogens (tertiary/aromatic N) is 3. The third-order valence-corrected chi connectivity index (χ3v) is 5.40. The summed E-state index contributed by atoms with van der Waals surface area (Å²) in [6.45, 7) is 5.73. The highest BCUT2D eigenvalue weighted by Gasteiger charge is 2.36. The number of benzene rings is 1. The number of likely N-dealkylation sites (N-methyl/N-ethyl adjacent to an activating group) is 2. The molecule has 0 radical (unpaired) electrons. The molecule has 1 aromatic carbocycles. The summed E-state index contributed by atoms with van der Waals surface area (Å²) < 4.78 is 0. The Balaban J connectivity index is 2.39. The predicted molar refractivity (Wildman–Crippen MR) is 120 cm³/mol. The molecular weight excluding hydrogens is 378 g/mol. The molecule has 0 fully saturated rings. The van der Waals surface area contributed by atoms with Crippen LogP contribution in [0.1, 0.15) is 30.9 Å². The summed E-state index contributed by atoms with van der Waals surface area (Å²) in [5.74, 6) is -0.358. The minimum Gasteiger partial charge on any atom is -0.337 e. The van der Waals surface area contributed by atoms with Gasteiger partial charge in [0.15, 0.2) is 0 Å². The van der Waals surface area contributed by atoms with Crippen LogP contribution in [0.15, 0.2) is 43.0 Å². The van der Waals surface area contributed by atoms with Crippen LogP contribution < -0.4 is 0 Å². The first-order valence-corrected chi connectivity index (χ1v) is 10.3. The lowest BCUT2D eigenvalue weighted by molar-refractivity contribution is -0.148. The van der Waals surface area contributed by atoms with Crippen molar-refractivity contribution >= 4 is 23.7 Å². The highest BCUT2D eigenvalue weighted by Crippen LogP contribution is 2.19. The molecule has 30 heavy (non-hydrogen) atoms. The molecule has 0 aromatic heterocycles. The molecule has 1 aliphatic heterocycles. The van der Waals surface area contributed by atoms with E-state index in [1.54, 1.807) is 18.0 Å². The molecule has 0 bridgehead atoms. The van der Waals surface area contributed by atoms with E-state index in [0.29, 0.717) is 25.8 Å². The third-order valence-electron chi connectivity index (χ3n) is 5.40. The molecule has 1 aromatic rings. The van der Waals surface area contributed by atoms with Gasteiger partial charge in [-0.2, -0.15) is 0 Å². The molecule has 1 heterocycles. The van der Waals surface area contributed by atoms with Crippen LogP contribution in [0.2, 0.25) is 0 Å². The number of Topliss-reactive ketones (excluding diaryl/α,β-unsaturated/α-hetero) is 1. The van der Waals surface area contributed by atoms with Crippen molar-refractivity contribution in [2.45, 2.75) is 38.3 Å². The molecule has 0 N–H and O–H groups in total. The number of rotatable bonds is 8. The first-order chi connectivity index (χ1) is 14.2. The lowest BCUT2D eigenvalue weighted by atomic mass is 9.99. The Hall–Kier alpha value is -2.73. The Morgan fingerprint density at radius 2 is 1.87 bits per heavy atom. The number of hydrogen-bond donors (Lipinski definition) is 0. The van der Waals surface area contributed by atoms with E-state index in [9.17, 15) is 14.4 Å². The quantitative estimate of drug-likeness (QED) is 0.617. The van der Waals surface area contributed by atoms with Crippen molar-refractivity contribution in [3.63, 3.8) is 0 Å². The van der Waals surface area contributed by atoms with Gasteiger partial charge < -0.3 is 9.80 Å². The van der Waals surface area contributed by atoms with E-state index < -0.39 is 6.04 Å². The molecule has 1 aliphatic rings. The monoisotopic (exact) mass is 411 g/mol. The zero-order valence-corrected chi connectivity index (χ0v) is 18.5. The fraction of sp³-hybridized carbons (Fsp3) is 0.458. The Morgan fingerprint density at radius 1 is 1.20 bits per heavy atom. The van der Waals surface area contributed by atoms with Gasteiger partial charge in [0.1, 0.15) is 11.8 Å². The zero-order valence-electron chi connectivity index (χ0n) is 18.5. The number of carbonyl (C=O) groups is 3. The minimum atomic E-state index is -0.662. The van der Waals surface area contributed by atoms with E-state index >= 15 is 0 Å². The van der Waals surface area contributed by atoms with Crippen molar-refractivity contribution < 1.29 is 14.4 Å². The lowest BCUT2D eigenvalue weighted by Gasteiger charge is -2.37. The Kier molecular flexibility index (Phi) is 8.54. The van der Waals surface area contributed by atoms with Gasteiger partial charge in [-0.05, 0) is 45.0 Å². The molecule has 2 atom stereocenters. The SMILES string of the molecule is C=Cc1ccc(C[C@@H](C(=O)N(C)CC(C)=O)N2CC/C=C\C[C@H](N(C)C)C2=O)cc1. The first kappa shape index (κ1) is 23.5. The fourth-order valence-electron chi connectivity index (χ4n) is 3.71. The van der Waals surface area contributed by atoms with E-state index in [2.05, 4.69) is 12.7 Å². The van der Waals surface area contributed by atoms with Gasteiger partial charge in [0.05, 0.1) is 12.6 Å². The second kappa shape index (κ2) is 10.9. The van der Waals surface area contributed by atoms with Gasteiger partial charge in [-0.25, -0.2) is 0 Å². The summed E-state index contributed by atoms with van der Waals surface area (Å²) in [6, 6.07) is 6.83. The molecule has 0 spiro atoms. The topological polar surface area (TPSA) is 60.9 Å². The maximum absolute atomic E-state index is 13.4. The van der Waals surface area contributed by atoms with Gasteiger partial charge in [-0.15, -0.1) is 0 Å². The normalized spacial score (nSPS) is 19.0. The molecule has 0 unspecified atom stereocenters. The van der Waals surface area contributed by atoms with Crippen LogP contribution in [0, 0.1) is 0 Å². The van der Waals surface area contributed by atoms with Crippen LogP contribution in [0.5, 0.6) is 0 Å². The van der Waals surface area contributed by atoms with Crippen LogP contribution in [-0.2, 0) is 20.8 Å². The number of amides is 2. The van der Waals surface area contributed by atoms with Crippen molar-refractivity contribution in [1.29, 1.82) is 0 Å². The van der Waals surface area contributed by atoms with E-state index in [4.69, 9.17) is 0 Å². The molecule has 0 saturated carbocycles. The van der Waals surface area contributed by atoms with Crippen molar-refractivity contribution in [2.24, 2.45) is 0 Å². The summed E-state index contributed by atoms with van der Waals surface area (Å²) in [5, 5.41) is 0. The van der Waals surface area contributed by atoms with Crippen molar-refractivity contribution in [1.82, 2.24) is 14.7 Å². The van der Waals surface area contributed by atoms with E-state index in [-0.39, 0.29) is 30.2 Å².